The molecule has 0 N–H and O–H groups in total. The van der Waals surface area contributed by atoms with Gasteiger partial charge in [-0.15, -0.1) is 0 Å². The van der Waals surface area contributed by atoms with Gasteiger partial charge in [-0.1, -0.05) is 6.07 Å². The zero-order chi connectivity index (χ0) is 10.8. The van der Waals surface area contributed by atoms with E-state index in [0.29, 0.717) is 23.7 Å². The summed E-state index contributed by atoms with van der Waals surface area (Å²) in [6, 6.07) is 3.62. The van der Waals surface area contributed by atoms with Gasteiger partial charge in [0.2, 0.25) is 6.79 Å². The van der Waals surface area contributed by atoms with Crippen molar-refractivity contribution in [1.29, 1.82) is 0 Å². The van der Waals surface area contributed by atoms with Crippen molar-refractivity contribution in [3.05, 3.63) is 23.3 Å². The molecule has 1 aliphatic rings. The van der Waals surface area contributed by atoms with Crippen molar-refractivity contribution in [3.63, 3.8) is 0 Å². The van der Waals surface area contributed by atoms with Crippen LogP contribution < -0.4 is 9.47 Å². The minimum Gasteiger partial charge on any atom is -0.454 e. The smallest absolute Gasteiger partial charge is 0.231 e. The molecule has 0 saturated heterocycles. The van der Waals surface area contributed by atoms with Crippen LogP contribution in [0.5, 0.6) is 11.5 Å². The van der Waals surface area contributed by atoms with Crippen molar-refractivity contribution in [2.24, 2.45) is 0 Å². The molecule has 0 unspecified atom stereocenters. The minimum atomic E-state index is -0.0376. The number of carbonyl (C=O) groups excluding carboxylic acids is 1. The Labute approximate surface area is 87.8 Å². The Hall–Kier alpha value is -1.55. The molecule has 4 heteroatoms. The highest BCUT2D eigenvalue weighted by atomic mass is 16.7. The van der Waals surface area contributed by atoms with Crippen LogP contribution in [0.15, 0.2) is 12.1 Å². The number of Topliss-reactive ketones (excluding diaryl/α,β-unsaturated/α-hetero) is 1. The van der Waals surface area contributed by atoms with E-state index in [4.69, 9.17) is 14.2 Å². The molecule has 0 bridgehead atoms. The van der Waals surface area contributed by atoms with Crippen molar-refractivity contribution < 1.29 is 19.0 Å². The van der Waals surface area contributed by atoms with Crippen LogP contribution in [0, 0.1) is 0 Å². The standard InChI is InChI=1S/C11H12O4/c1-7(12)10-8(5-13-2)3-4-9-11(10)15-6-14-9/h3-4H,5-6H2,1-2H3. The zero-order valence-corrected chi connectivity index (χ0v) is 8.70. The van der Waals surface area contributed by atoms with Crippen molar-refractivity contribution in [2.75, 3.05) is 13.9 Å². The largest absolute Gasteiger partial charge is 0.454 e. The molecule has 0 radical (unpaired) electrons. The Morgan fingerprint density at radius 2 is 2.27 bits per heavy atom. The Kier molecular flexibility index (Phi) is 2.60. The third kappa shape index (κ3) is 1.68. The summed E-state index contributed by atoms with van der Waals surface area (Å²) in [5.41, 5.74) is 1.39. The summed E-state index contributed by atoms with van der Waals surface area (Å²) in [6.07, 6.45) is 0. The van der Waals surface area contributed by atoms with Crippen LogP contribution in [0.4, 0.5) is 0 Å². The second kappa shape index (κ2) is 3.90. The Morgan fingerprint density at radius 3 is 2.93 bits per heavy atom. The second-order valence-corrected chi connectivity index (χ2v) is 3.32. The SMILES string of the molecule is COCc1ccc2c(c1C(C)=O)OCO2. The molecule has 80 valence electrons. The quantitative estimate of drug-likeness (QED) is 0.710. The summed E-state index contributed by atoms with van der Waals surface area (Å²) >= 11 is 0. The van der Waals surface area contributed by atoms with E-state index in [1.165, 1.54) is 6.92 Å². The van der Waals surface area contributed by atoms with Gasteiger partial charge in [0.15, 0.2) is 17.3 Å². The van der Waals surface area contributed by atoms with Gasteiger partial charge in [0.25, 0.3) is 0 Å². The summed E-state index contributed by atoms with van der Waals surface area (Å²) in [4.78, 5) is 11.5. The van der Waals surface area contributed by atoms with E-state index in [1.54, 1.807) is 13.2 Å². The summed E-state index contributed by atoms with van der Waals surface area (Å²) in [5.74, 6) is 1.13. The van der Waals surface area contributed by atoms with Crippen molar-refractivity contribution >= 4 is 5.78 Å². The summed E-state index contributed by atoms with van der Waals surface area (Å²) in [5, 5.41) is 0. The molecule has 1 aliphatic heterocycles. The molecule has 0 saturated carbocycles. The van der Waals surface area contributed by atoms with Crippen molar-refractivity contribution in [1.82, 2.24) is 0 Å². The fourth-order valence-electron chi connectivity index (χ4n) is 1.67. The topological polar surface area (TPSA) is 44.8 Å². The minimum absolute atomic E-state index is 0.0376. The van der Waals surface area contributed by atoms with E-state index in [2.05, 4.69) is 0 Å². The molecule has 0 spiro atoms. The first-order chi connectivity index (χ1) is 7.24. The first kappa shape index (κ1) is 9.98. The molecule has 0 aromatic heterocycles. The van der Waals surface area contributed by atoms with Crippen LogP contribution in [0.2, 0.25) is 0 Å². The van der Waals surface area contributed by atoms with Crippen molar-refractivity contribution in [2.45, 2.75) is 13.5 Å². The first-order valence-corrected chi connectivity index (χ1v) is 4.65. The Balaban J connectivity index is 2.53. The first-order valence-electron chi connectivity index (χ1n) is 4.65. The number of benzene rings is 1. The Morgan fingerprint density at radius 1 is 1.47 bits per heavy atom. The normalized spacial score (nSPS) is 12.9. The second-order valence-electron chi connectivity index (χ2n) is 3.32. The number of rotatable bonds is 3. The maximum absolute atomic E-state index is 11.5. The third-order valence-electron chi connectivity index (χ3n) is 2.28. The molecule has 2 rings (SSSR count). The van der Waals surface area contributed by atoms with E-state index >= 15 is 0 Å². The van der Waals surface area contributed by atoms with E-state index in [0.717, 1.165) is 5.56 Å². The molecule has 0 atom stereocenters. The number of hydrogen-bond acceptors (Lipinski definition) is 4. The molecule has 0 aliphatic carbocycles. The maximum Gasteiger partial charge on any atom is 0.231 e. The fourth-order valence-corrected chi connectivity index (χ4v) is 1.67. The highest BCUT2D eigenvalue weighted by Gasteiger charge is 2.23. The van der Waals surface area contributed by atoms with Gasteiger partial charge in [-0.25, -0.2) is 0 Å². The molecule has 1 aromatic carbocycles. The summed E-state index contributed by atoms with van der Waals surface area (Å²) < 4.78 is 15.5. The number of fused-ring (bicyclic) bond motifs is 1. The summed E-state index contributed by atoms with van der Waals surface area (Å²) in [6.45, 7) is 2.08. The number of ketones is 1. The Bertz CT molecular complexity index is 398. The zero-order valence-electron chi connectivity index (χ0n) is 8.70. The fraction of sp³-hybridized carbons (Fsp3) is 0.364. The highest BCUT2D eigenvalue weighted by Crippen LogP contribution is 2.37. The van der Waals surface area contributed by atoms with Crippen molar-refractivity contribution in [3.8, 4) is 11.5 Å². The lowest BCUT2D eigenvalue weighted by molar-refractivity contribution is 0.100. The molecule has 1 aromatic rings. The molecule has 4 nitrogen and oxygen atoms in total. The number of ether oxygens (including phenoxy) is 3. The highest BCUT2D eigenvalue weighted by molar-refractivity contribution is 5.99. The van der Waals surface area contributed by atoms with Gasteiger partial charge >= 0.3 is 0 Å². The van der Waals surface area contributed by atoms with Gasteiger partial charge in [0.1, 0.15) is 0 Å². The third-order valence-corrected chi connectivity index (χ3v) is 2.28. The van der Waals surface area contributed by atoms with E-state index in [-0.39, 0.29) is 12.6 Å². The molecule has 15 heavy (non-hydrogen) atoms. The average molecular weight is 208 g/mol. The molecule has 1 heterocycles. The number of hydrogen-bond donors (Lipinski definition) is 0. The number of methoxy groups -OCH3 is 1. The lowest BCUT2D eigenvalue weighted by Crippen LogP contribution is -2.03. The molecule has 0 fully saturated rings. The van der Waals surface area contributed by atoms with Crippen LogP contribution in [0.25, 0.3) is 0 Å². The molecular formula is C11H12O4. The van der Waals surface area contributed by atoms with Gasteiger partial charge in [-0.3, -0.25) is 4.79 Å². The van der Waals surface area contributed by atoms with Crippen LogP contribution >= 0.6 is 0 Å². The summed E-state index contributed by atoms with van der Waals surface area (Å²) in [7, 11) is 1.59. The van der Waals surface area contributed by atoms with Gasteiger partial charge in [-0.05, 0) is 18.6 Å². The van der Waals surface area contributed by atoms with E-state index < -0.39 is 0 Å². The maximum atomic E-state index is 11.5. The lowest BCUT2D eigenvalue weighted by atomic mass is 10.0. The van der Waals surface area contributed by atoms with Gasteiger partial charge < -0.3 is 14.2 Å². The van der Waals surface area contributed by atoms with E-state index in [1.807, 2.05) is 6.07 Å². The monoisotopic (exact) mass is 208 g/mol. The predicted octanol–water partition coefficient (Wildman–Crippen LogP) is 1.76. The van der Waals surface area contributed by atoms with Gasteiger partial charge in [0.05, 0.1) is 12.2 Å². The molecule has 0 amide bonds. The predicted molar refractivity (Wildman–Crippen MR) is 53.3 cm³/mol. The van der Waals surface area contributed by atoms with E-state index in [9.17, 15) is 4.79 Å². The van der Waals surface area contributed by atoms with Crippen LogP contribution in [-0.4, -0.2) is 19.7 Å². The van der Waals surface area contributed by atoms with Crippen LogP contribution in [0.3, 0.4) is 0 Å². The van der Waals surface area contributed by atoms with Gasteiger partial charge in [-0.2, -0.15) is 0 Å². The van der Waals surface area contributed by atoms with Crippen LogP contribution in [0.1, 0.15) is 22.8 Å². The number of carbonyl (C=O) groups is 1. The molecular weight excluding hydrogens is 196 g/mol. The van der Waals surface area contributed by atoms with Gasteiger partial charge in [0, 0.05) is 7.11 Å². The average Bonchev–Trinajstić information content (AvgIpc) is 2.64. The lowest BCUT2D eigenvalue weighted by Gasteiger charge is -2.08. The van der Waals surface area contributed by atoms with Crippen LogP contribution in [-0.2, 0) is 11.3 Å².